The molecule has 0 heterocycles. The molecule has 2 aromatic rings. The van der Waals surface area contributed by atoms with E-state index in [4.69, 9.17) is 0 Å². The minimum Gasteiger partial charge on any atom is -0.352 e. The van der Waals surface area contributed by atoms with E-state index >= 15 is 0 Å². The van der Waals surface area contributed by atoms with Crippen LogP contribution in [0.1, 0.15) is 45.5 Å². The molecule has 114 valence electrons. The molecule has 1 aliphatic carbocycles. The molecule has 2 nitrogen and oxygen atoms in total. The maximum absolute atomic E-state index is 12.3. The van der Waals surface area contributed by atoms with Crippen molar-refractivity contribution in [3.8, 4) is 0 Å². The second kappa shape index (κ2) is 6.78. The zero-order valence-electron chi connectivity index (χ0n) is 13.2. The van der Waals surface area contributed by atoms with Crippen molar-refractivity contribution >= 4 is 5.91 Å². The third-order valence-corrected chi connectivity index (χ3v) is 4.55. The highest BCUT2D eigenvalue weighted by atomic mass is 16.1. The minimum atomic E-state index is 0.0435. The zero-order valence-corrected chi connectivity index (χ0v) is 13.2. The van der Waals surface area contributed by atoms with Crippen LogP contribution < -0.4 is 5.32 Å². The summed E-state index contributed by atoms with van der Waals surface area (Å²) in [6.07, 6.45) is 5.66. The fourth-order valence-corrected chi connectivity index (χ4v) is 3.18. The first-order valence-electron chi connectivity index (χ1n) is 8.18. The van der Waals surface area contributed by atoms with Gasteiger partial charge in [-0.25, -0.2) is 0 Å². The van der Waals surface area contributed by atoms with Gasteiger partial charge in [0.05, 0.1) is 0 Å². The Bertz CT molecular complexity index is 675. The number of nitrogens with one attached hydrogen (secondary N) is 1. The van der Waals surface area contributed by atoms with E-state index in [1.165, 1.54) is 35.1 Å². The molecule has 2 aromatic carbocycles. The van der Waals surface area contributed by atoms with Gasteiger partial charge >= 0.3 is 0 Å². The number of fused-ring (bicyclic) bond motifs is 1. The van der Waals surface area contributed by atoms with Crippen LogP contribution in [0.4, 0.5) is 0 Å². The maximum atomic E-state index is 12.3. The molecule has 0 saturated carbocycles. The van der Waals surface area contributed by atoms with Crippen molar-refractivity contribution in [2.45, 2.75) is 39.0 Å². The van der Waals surface area contributed by atoms with Crippen molar-refractivity contribution in [2.75, 3.05) is 6.54 Å². The monoisotopic (exact) mass is 293 g/mol. The summed E-state index contributed by atoms with van der Waals surface area (Å²) in [6.45, 7) is 2.79. The summed E-state index contributed by atoms with van der Waals surface area (Å²) in [5.74, 6) is 0.0435. The van der Waals surface area contributed by atoms with Gasteiger partial charge in [0.1, 0.15) is 0 Å². The first-order valence-corrected chi connectivity index (χ1v) is 8.18. The minimum absolute atomic E-state index is 0.0435. The number of aryl methyl sites for hydroxylation is 3. The molecular formula is C20H23NO. The molecule has 0 saturated heterocycles. The fraction of sp³-hybridized carbons (Fsp3) is 0.350. The van der Waals surface area contributed by atoms with Crippen LogP contribution in [-0.2, 0) is 19.3 Å². The highest BCUT2D eigenvalue weighted by molar-refractivity contribution is 5.94. The summed E-state index contributed by atoms with van der Waals surface area (Å²) < 4.78 is 0. The van der Waals surface area contributed by atoms with E-state index in [-0.39, 0.29) is 5.91 Å². The van der Waals surface area contributed by atoms with Crippen LogP contribution >= 0.6 is 0 Å². The standard InChI is InChI=1S/C20H23NO/c1-15-6-2-3-7-16(15)12-13-21-20(22)19-11-10-17-8-4-5-9-18(17)14-19/h2-3,6-7,10-11,14H,4-5,8-9,12-13H2,1H3,(H,21,22). The molecule has 3 rings (SSSR count). The number of benzene rings is 2. The average Bonchev–Trinajstić information content (AvgIpc) is 2.56. The molecule has 1 N–H and O–H groups in total. The third-order valence-electron chi connectivity index (χ3n) is 4.55. The number of rotatable bonds is 4. The van der Waals surface area contributed by atoms with Crippen LogP contribution in [0.15, 0.2) is 42.5 Å². The molecule has 1 amide bonds. The molecule has 0 spiro atoms. The molecule has 0 atom stereocenters. The fourth-order valence-electron chi connectivity index (χ4n) is 3.18. The SMILES string of the molecule is Cc1ccccc1CCNC(=O)c1ccc2c(c1)CCCC2. The summed E-state index contributed by atoms with van der Waals surface area (Å²) in [5, 5.41) is 3.04. The lowest BCUT2D eigenvalue weighted by Crippen LogP contribution is -2.26. The van der Waals surface area contributed by atoms with Crippen LogP contribution in [0.2, 0.25) is 0 Å². The van der Waals surface area contributed by atoms with Crippen LogP contribution in [0.25, 0.3) is 0 Å². The van der Waals surface area contributed by atoms with Crippen molar-refractivity contribution in [1.29, 1.82) is 0 Å². The van der Waals surface area contributed by atoms with Gasteiger partial charge in [-0.2, -0.15) is 0 Å². The first kappa shape index (κ1) is 14.8. The van der Waals surface area contributed by atoms with E-state index in [9.17, 15) is 4.79 Å². The van der Waals surface area contributed by atoms with Gasteiger partial charge in [-0.15, -0.1) is 0 Å². The van der Waals surface area contributed by atoms with Crippen LogP contribution in [0, 0.1) is 6.92 Å². The van der Waals surface area contributed by atoms with E-state index in [0.717, 1.165) is 24.8 Å². The molecule has 0 bridgehead atoms. The lowest BCUT2D eigenvalue weighted by Gasteiger charge is -2.16. The van der Waals surface area contributed by atoms with Gasteiger partial charge in [-0.05, 0) is 73.4 Å². The van der Waals surface area contributed by atoms with Crippen molar-refractivity contribution in [3.05, 3.63) is 70.3 Å². The summed E-state index contributed by atoms with van der Waals surface area (Å²) >= 11 is 0. The van der Waals surface area contributed by atoms with E-state index < -0.39 is 0 Å². The van der Waals surface area contributed by atoms with Crippen LogP contribution in [-0.4, -0.2) is 12.5 Å². The van der Waals surface area contributed by atoms with Crippen LogP contribution in [0.3, 0.4) is 0 Å². The smallest absolute Gasteiger partial charge is 0.251 e. The highest BCUT2D eigenvalue weighted by Gasteiger charge is 2.12. The Morgan fingerprint density at radius 2 is 1.82 bits per heavy atom. The Labute approximate surface area is 132 Å². The van der Waals surface area contributed by atoms with Crippen molar-refractivity contribution in [3.63, 3.8) is 0 Å². The number of carbonyl (C=O) groups is 1. The summed E-state index contributed by atoms with van der Waals surface area (Å²) in [5.41, 5.74) is 6.16. The third kappa shape index (κ3) is 3.38. The lowest BCUT2D eigenvalue weighted by atomic mass is 9.90. The predicted octanol–water partition coefficient (Wildman–Crippen LogP) is 3.85. The molecule has 1 aliphatic rings. The predicted molar refractivity (Wildman–Crippen MR) is 90.3 cm³/mol. The molecule has 0 unspecified atom stereocenters. The van der Waals surface area contributed by atoms with Gasteiger partial charge in [0.15, 0.2) is 0 Å². The van der Waals surface area contributed by atoms with Gasteiger partial charge < -0.3 is 5.32 Å². The highest BCUT2D eigenvalue weighted by Crippen LogP contribution is 2.22. The molecule has 2 heteroatoms. The molecule has 0 radical (unpaired) electrons. The largest absolute Gasteiger partial charge is 0.352 e. The Balaban J connectivity index is 1.59. The topological polar surface area (TPSA) is 29.1 Å². The number of hydrogen-bond acceptors (Lipinski definition) is 1. The Hall–Kier alpha value is -2.09. The zero-order chi connectivity index (χ0) is 15.4. The van der Waals surface area contributed by atoms with Crippen molar-refractivity contribution in [1.82, 2.24) is 5.32 Å². The number of hydrogen-bond donors (Lipinski definition) is 1. The van der Waals surface area contributed by atoms with E-state index in [2.05, 4.69) is 36.5 Å². The van der Waals surface area contributed by atoms with Crippen LogP contribution in [0.5, 0.6) is 0 Å². The Kier molecular flexibility index (Phi) is 4.57. The average molecular weight is 293 g/mol. The summed E-state index contributed by atoms with van der Waals surface area (Å²) in [6, 6.07) is 14.5. The Morgan fingerprint density at radius 1 is 1.05 bits per heavy atom. The van der Waals surface area contributed by atoms with Crippen molar-refractivity contribution < 1.29 is 4.79 Å². The number of amides is 1. The molecular weight excluding hydrogens is 270 g/mol. The van der Waals surface area contributed by atoms with Gasteiger partial charge in [0.2, 0.25) is 0 Å². The molecule has 0 aliphatic heterocycles. The van der Waals surface area contributed by atoms with Crippen molar-refractivity contribution in [2.24, 2.45) is 0 Å². The quantitative estimate of drug-likeness (QED) is 0.911. The van der Waals surface area contributed by atoms with E-state index in [0.29, 0.717) is 6.54 Å². The molecule has 0 aromatic heterocycles. The second-order valence-electron chi connectivity index (χ2n) is 6.12. The van der Waals surface area contributed by atoms with Gasteiger partial charge in [-0.3, -0.25) is 4.79 Å². The first-order chi connectivity index (χ1) is 10.7. The second-order valence-corrected chi connectivity index (χ2v) is 6.12. The van der Waals surface area contributed by atoms with Gasteiger partial charge in [0.25, 0.3) is 5.91 Å². The summed E-state index contributed by atoms with van der Waals surface area (Å²) in [7, 11) is 0. The summed E-state index contributed by atoms with van der Waals surface area (Å²) in [4.78, 5) is 12.3. The van der Waals surface area contributed by atoms with E-state index in [1.807, 2.05) is 18.2 Å². The maximum Gasteiger partial charge on any atom is 0.251 e. The van der Waals surface area contributed by atoms with Gasteiger partial charge in [0, 0.05) is 12.1 Å². The van der Waals surface area contributed by atoms with E-state index in [1.54, 1.807) is 0 Å². The Morgan fingerprint density at radius 3 is 2.64 bits per heavy atom. The lowest BCUT2D eigenvalue weighted by molar-refractivity contribution is 0.0954. The number of carbonyl (C=O) groups excluding carboxylic acids is 1. The molecule has 0 fully saturated rings. The van der Waals surface area contributed by atoms with Gasteiger partial charge in [-0.1, -0.05) is 30.3 Å². The normalized spacial score (nSPS) is 13.5. The molecule has 22 heavy (non-hydrogen) atoms.